The number of nitrogens with one attached hydrogen (secondary N) is 1. The van der Waals surface area contributed by atoms with Crippen LogP contribution in [0.1, 0.15) is 76.2 Å². The summed E-state index contributed by atoms with van der Waals surface area (Å²) in [5.41, 5.74) is 6.84. The molecule has 0 unspecified atom stereocenters. The van der Waals surface area contributed by atoms with Crippen molar-refractivity contribution < 1.29 is 14.7 Å². The van der Waals surface area contributed by atoms with E-state index < -0.39 is 5.97 Å². The number of carbonyl (C=O) groups excluding carboxylic acids is 1. The highest BCUT2D eigenvalue weighted by molar-refractivity contribution is 5.99. The van der Waals surface area contributed by atoms with Gasteiger partial charge in [-0.15, -0.1) is 0 Å². The van der Waals surface area contributed by atoms with Gasteiger partial charge in [0.1, 0.15) is 6.33 Å². The molecule has 2 aromatic heterocycles. The topological polar surface area (TPSA) is 102 Å². The first-order chi connectivity index (χ1) is 19.1. The molecule has 1 atom stereocenters. The molecule has 40 heavy (non-hydrogen) atoms. The molecule has 204 valence electrons. The van der Waals surface area contributed by atoms with E-state index in [1.807, 2.05) is 75.4 Å². The summed E-state index contributed by atoms with van der Waals surface area (Å²) in [6.45, 7) is 10.8. The number of aromatic carboxylic acids is 1. The van der Waals surface area contributed by atoms with Crippen molar-refractivity contribution in [2.24, 2.45) is 0 Å². The summed E-state index contributed by atoms with van der Waals surface area (Å²) in [5.74, 6) is -0.526. The van der Waals surface area contributed by atoms with Gasteiger partial charge in [0, 0.05) is 34.7 Å². The lowest BCUT2D eigenvalue weighted by molar-refractivity contribution is 0.0697. The molecule has 5 aromatic rings. The van der Waals surface area contributed by atoms with Crippen LogP contribution < -0.4 is 5.32 Å². The fourth-order valence-corrected chi connectivity index (χ4v) is 4.97. The summed E-state index contributed by atoms with van der Waals surface area (Å²) >= 11 is 0. The van der Waals surface area contributed by atoms with Gasteiger partial charge < -0.3 is 15.0 Å². The van der Waals surface area contributed by atoms with Crippen LogP contribution in [0.4, 0.5) is 0 Å². The van der Waals surface area contributed by atoms with Crippen LogP contribution in [0.3, 0.4) is 0 Å². The molecule has 0 saturated heterocycles. The van der Waals surface area contributed by atoms with Gasteiger partial charge in [-0.25, -0.2) is 9.78 Å². The summed E-state index contributed by atoms with van der Waals surface area (Å²) < 4.78 is 4.03. The van der Waals surface area contributed by atoms with E-state index in [-0.39, 0.29) is 23.6 Å². The monoisotopic (exact) mass is 535 g/mol. The van der Waals surface area contributed by atoms with E-state index in [2.05, 4.69) is 33.8 Å². The summed E-state index contributed by atoms with van der Waals surface area (Å²) in [4.78, 5) is 29.1. The van der Waals surface area contributed by atoms with Gasteiger partial charge in [-0.3, -0.25) is 9.48 Å². The van der Waals surface area contributed by atoms with E-state index >= 15 is 0 Å². The van der Waals surface area contributed by atoms with Crippen LogP contribution in [0.2, 0.25) is 0 Å². The van der Waals surface area contributed by atoms with Gasteiger partial charge >= 0.3 is 5.97 Å². The highest BCUT2D eigenvalue weighted by Crippen LogP contribution is 2.29. The average molecular weight is 536 g/mol. The van der Waals surface area contributed by atoms with Crippen molar-refractivity contribution in [3.05, 3.63) is 107 Å². The normalized spacial score (nSPS) is 12.2. The average Bonchev–Trinajstić information content (AvgIpc) is 3.54. The van der Waals surface area contributed by atoms with E-state index in [9.17, 15) is 14.7 Å². The van der Waals surface area contributed by atoms with Gasteiger partial charge in [0.2, 0.25) is 0 Å². The van der Waals surface area contributed by atoms with Crippen LogP contribution in [-0.4, -0.2) is 36.3 Å². The first kappa shape index (κ1) is 26.9. The predicted molar refractivity (Wildman–Crippen MR) is 156 cm³/mol. The lowest BCUT2D eigenvalue weighted by Crippen LogP contribution is -2.27. The second-order valence-electron chi connectivity index (χ2n) is 10.4. The zero-order chi connectivity index (χ0) is 28.6. The van der Waals surface area contributed by atoms with E-state index in [0.717, 1.165) is 33.3 Å². The first-order valence-corrected chi connectivity index (χ1v) is 13.4. The van der Waals surface area contributed by atoms with E-state index in [4.69, 9.17) is 0 Å². The quantitative estimate of drug-likeness (QED) is 0.242. The zero-order valence-electron chi connectivity index (χ0n) is 23.3. The molecule has 0 radical (unpaired) electrons. The Kier molecular flexibility index (Phi) is 7.26. The van der Waals surface area contributed by atoms with Crippen molar-refractivity contribution in [1.82, 2.24) is 24.6 Å². The highest BCUT2D eigenvalue weighted by Gasteiger charge is 2.18. The molecule has 2 heterocycles. The maximum atomic E-state index is 13.1. The minimum Gasteiger partial charge on any atom is -0.478 e. The fourth-order valence-electron chi connectivity index (χ4n) is 4.97. The summed E-state index contributed by atoms with van der Waals surface area (Å²) in [7, 11) is 0. The van der Waals surface area contributed by atoms with Gasteiger partial charge in [0.15, 0.2) is 5.82 Å². The molecule has 0 saturated carbocycles. The molecule has 0 aliphatic rings. The molecule has 1 amide bonds. The molecule has 8 nitrogen and oxygen atoms in total. The minimum absolute atomic E-state index is 0.169. The Balaban J connectivity index is 1.37. The number of carboxylic acid groups (broad SMARTS) is 1. The Bertz CT molecular complexity index is 1710. The molecule has 5 rings (SSSR count). The third-order valence-corrected chi connectivity index (χ3v) is 7.45. The molecule has 0 bridgehead atoms. The van der Waals surface area contributed by atoms with Gasteiger partial charge in [-0.05, 0) is 81.1 Å². The third-order valence-electron chi connectivity index (χ3n) is 7.45. The summed E-state index contributed by atoms with van der Waals surface area (Å²) in [5, 5.41) is 18.1. The number of carboxylic acids is 1. The van der Waals surface area contributed by atoms with Crippen molar-refractivity contribution in [1.29, 1.82) is 0 Å². The van der Waals surface area contributed by atoms with Crippen LogP contribution in [0.5, 0.6) is 0 Å². The molecule has 3 aromatic carbocycles. The second kappa shape index (κ2) is 10.8. The smallest absolute Gasteiger partial charge is 0.336 e. The number of aryl methyl sites for hydroxylation is 1. The van der Waals surface area contributed by atoms with Gasteiger partial charge in [0.25, 0.3) is 5.91 Å². The van der Waals surface area contributed by atoms with Gasteiger partial charge in [-0.1, -0.05) is 42.5 Å². The Morgan fingerprint density at radius 2 is 1.70 bits per heavy atom. The summed E-state index contributed by atoms with van der Waals surface area (Å²) in [6, 6.07) is 20.7. The number of benzene rings is 3. The van der Waals surface area contributed by atoms with Gasteiger partial charge in [-0.2, -0.15) is 5.10 Å². The Morgan fingerprint density at radius 3 is 2.38 bits per heavy atom. The number of rotatable bonds is 8. The molecule has 0 fully saturated rings. The lowest BCUT2D eigenvalue weighted by Gasteiger charge is -2.12. The molecule has 0 aliphatic carbocycles. The number of hydrogen-bond acceptors (Lipinski definition) is 4. The number of amides is 1. The Morgan fingerprint density at radius 1 is 0.975 bits per heavy atom. The number of aromatic nitrogens is 4. The second-order valence-corrected chi connectivity index (χ2v) is 10.4. The van der Waals surface area contributed by atoms with Crippen molar-refractivity contribution in [3.8, 4) is 11.1 Å². The standard InChI is InChI=1S/C32H33N5O3/c1-19(2)37-18-33-30(35-37)21(4)34-31(38)25-14-15-29-28(16-25)20(3)22(5)36(29)17-23-10-12-24(13-11-23)26-8-6-7-9-27(26)32(39)40/h6-16,18-19,21H,17H2,1-5H3,(H,34,38)(H,39,40)/t21-/m0/s1. The Labute approximate surface area is 233 Å². The maximum absolute atomic E-state index is 13.1. The first-order valence-electron chi connectivity index (χ1n) is 13.4. The van der Waals surface area contributed by atoms with Crippen molar-refractivity contribution in [3.63, 3.8) is 0 Å². The SMILES string of the molecule is Cc1c(C)n(Cc2ccc(-c3ccccc3C(=O)O)cc2)c2ccc(C(=O)N[C@@H](C)c3ncn(C(C)C)n3)cc12. The minimum atomic E-state index is -0.939. The van der Waals surface area contributed by atoms with Crippen molar-refractivity contribution >= 4 is 22.8 Å². The van der Waals surface area contributed by atoms with Crippen LogP contribution in [-0.2, 0) is 6.54 Å². The molecule has 8 heteroatoms. The molecule has 2 N–H and O–H groups in total. The zero-order valence-corrected chi connectivity index (χ0v) is 23.3. The molecular formula is C32H33N5O3. The van der Waals surface area contributed by atoms with Crippen LogP contribution in [0.15, 0.2) is 73.1 Å². The number of nitrogens with zero attached hydrogens (tertiary/aromatic N) is 4. The molecular weight excluding hydrogens is 502 g/mol. The Hall–Kier alpha value is -4.72. The molecule has 0 spiro atoms. The number of carbonyl (C=O) groups is 2. The van der Waals surface area contributed by atoms with E-state index in [1.54, 1.807) is 23.1 Å². The molecule has 0 aliphatic heterocycles. The maximum Gasteiger partial charge on any atom is 0.336 e. The van der Waals surface area contributed by atoms with Crippen molar-refractivity contribution in [2.75, 3.05) is 0 Å². The number of hydrogen-bond donors (Lipinski definition) is 2. The third kappa shape index (κ3) is 5.12. The fraction of sp³-hybridized carbons (Fsp3) is 0.250. The number of fused-ring (bicyclic) bond motifs is 1. The summed E-state index contributed by atoms with van der Waals surface area (Å²) in [6.07, 6.45) is 1.69. The van der Waals surface area contributed by atoms with Crippen LogP contribution >= 0.6 is 0 Å². The highest BCUT2D eigenvalue weighted by atomic mass is 16.4. The van der Waals surface area contributed by atoms with E-state index in [0.29, 0.717) is 23.5 Å². The largest absolute Gasteiger partial charge is 0.478 e. The van der Waals surface area contributed by atoms with Crippen LogP contribution in [0.25, 0.3) is 22.0 Å². The predicted octanol–water partition coefficient (Wildman–Crippen LogP) is 6.34. The van der Waals surface area contributed by atoms with Crippen LogP contribution in [0, 0.1) is 13.8 Å². The van der Waals surface area contributed by atoms with E-state index in [1.165, 1.54) is 0 Å². The van der Waals surface area contributed by atoms with Gasteiger partial charge in [0.05, 0.1) is 11.6 Å². The van der Waals surface area contributed by atoms with Crippen molar-refractivity contribution in [2.45, 2.75) is 53.2 Å². The lowest BCUT2D eigenvalue weighted by atomic mass is 9.99.